The van der Waals surface area contributed by atoms with Crippen LogP contribution in [0.2, 0.25) is 0 Å². The third-order valence-electron chi connectivity index (χ3n) is 5.05. The molecule has 0 aliphatic rings. The zero-order valence-corrected chi connectivity index (χ0v) is 17.3. The molecule has 158 valence electrons. The maximum Gasteiger partial charge on any atom is 0.290 e. The highest BCUT2D eigenvalue weighted by Gasteiger charge is 2.18. The molecule has 0 saturated heterocycles. The van der Waals surface area contributed by atoms with Crippen LogP contribution in [-0.4, -0.2) is 31.1 Å². The smallest absolute Gasteiger partial charge is 0.290 e. The number of para-hydroxylation sites is 2. The Morgan fingerprint density at radius 1 is 0.968 bits per heavy atom. The monoisotopic (exact) mass is 418 g/mol. The SMILES string of the molecule is CCc1nc2ccccc2n1CC(=O)NNC(=O)c1nn(CC)c(=O)c2ccccc12. The largest absolute Gasteiger partial charge is 0.318 e. The Balaban J connectivity index is 1.54. The molecule has 2 aromatic heterocycles. The fourth-order valence-electron chi connectivity index (χ4n) is 3.56. The molecule has 0 atom stereocenters. The van der Waals surface area contributed by atoms with Crippen LogP contribution in [0.5, 0.6) is 0 Å². The summed E-state index contributed by atoms with van der Waals surface area (Å²) in [5.74, 6) is -0.220. The van der Waals surface area contributed by atoms with Crippen molar-refractivity contribution >= 4 is 33.6 Å². The lowest BCUT2D eigenvalue weighted by Crippen LogP contribution is -2.44. The van der Waals surface area contributed by atoms with E-state index in [4.69, 9.17) is 0 Å². The van der Waals surface area contributed by atoms with Crippen molar-refractivity contribution in [1.29, 1.82) is 0 Å². The minimum atomic E-state index is -0.599. The van der Waals surface area contributed by atoms with Crippen LogP contribution < -0.4 is 16.4 Å². The molecule has 2 N–H and O–H groups in total. The molecule has 0 unspecified atom stereocenters. The van der Waals surface area contributed by atoms with Crippen molar-refractivity contribution in [2.45, 2.75) is 33.4 Å². The first-order valence-corrected chi connectivity index (χ1v) is 10.1. The molecule has 0 spiro atoms. The van der Waals surface area contributed by atoms with Gasteiger partial charge in [0.25, 0.3) is 17.4 Å². The van der Waals surface area contributed by atoms with Crippen LogP contribution in [0.25, 0.3) is 21.8 Å². The number of carbonyl (C=O) groups excluding carboxylic acids is 2. The number of benzene rings is 2. The molecule has 0 aliphatic carbocycles. The summed E-state index contributed by atoms with van der Waals surface area (Å²) in [4.78, 5) is 42.3. The number of rotatable bonds is 5. The van der Waals surface area contributed by atoms with Crippen molar-refractivity contribution < 1.29 is 9.59 Å². The van der Waals surface area contributed by atoms with Crippen molar-refractivity contribution in [3.8, 4) is 0 Å². The van der Waals surface area contributed by atoms with E-state index in [0.717, 1.165) is 16.9 Å². The summed E-state index contributed by atoms with van der Waals surface area (Å²) in [6.45, 7) is 4.07. The lowest BCUT2D eigenvalue weighted by atomic mass is 10.1. The minimum Gasteiger partial charge on any atom is -0.318 e. The average Bonchev–Trinajstić information content (AvgIpc) is 3.15. The van der Waals surface area contributed by atoms with Gasteiger partial charge in [-0.25, -0.2) is 9.67 Å². The number of nitrogens with one attached hydrogen (secondary N) is 2. The highest BCUT2D eigenvalue weighted by molar-refractivity contribution is 6.05. The maximum absolute atomic E-state index is 12.8. The van der Waals surface area contributed by atoms with Crippen molar-refractivity contribution in [1.82, 2.24) is 30.2 Å². The average molecular weight is 418 g/mol. The molecule has 2 amide bonds. The van der Waals surface area contributed by atoms with Crippen molar-refractivity contribution in [3.05, 3.63) is 70.4 Å². The van der Waals surface area contributed by atoms with Gasteiger partial charge in [0.2, 0.25) is 0 Å². The van der Waals surface area contributed by atoms with E-state index in [1.807, 2.05) is 35.8 Å². The molecule has 2 heterocycles. The Hall–Kier alpha value is -4.01. The standard InChI is InChI=1S/C22H22N6O3/c1-3-18-23-16-11-7-8-12-17(16)27(18)13-19(29)24-25-21(30)20-14-9-5-6-10-15(14)22(31)28(4-2)26-20/h5-12H,3-4,13H2,1-2H3,(H,24,29)(H,25,30). The van der Waals surface area contributed by atoms with Crippen molar-refractivity contribution in [2.24, 2.45) is 0 Å². The van der Waals surface area contributed by atoms with E-state index in [1.165, 1.54) is 4.68 Å². The first kappa shape index (κ1) is 20.3. The number of nitrogens with zero attached hydrogens (tertiary/aromatic N) is 4. The number of hydrogen-bond acceptors (Lipinski definition) is 5. The molecule has 0 radical (unpaired) electrons. The number of aryl methyl sites for hydroxylation is 2. The molecular weight excluding hydrogens is 396 g/mol. The Morgan fingerprint density at radius 2 is 1.68 bits per heavy atom. The Morgan fingerprint density at radius 3 is 2.42 bits per heavy atom. The summed E-state index contributed by atoms with van der Waals surface area (Å²) in [6, 6.07) is 14.3. The maximum atomic E-state index is 12.8. The minimum absolute atomic E-state index is 0.00655. The van der Waals surface area contributed by atoms with Crippen LogP contribution in [0.1, 0.15) is 30.2 Å². The van der Waals surface area contributed by atoms with Crippen LogP contribution in [0.15, 0.2) is 53.3 Å². The summed E-state index contributed by atoms with van der Waals surface area (Å²) in [6.07, 6.45) is 0.669. The van der Waals surface area contributed by atoms with Crippen LogP contribution in [0, 0.1) is 0 Å². The molecule has 31 heavy (non-hydrogen) atoms. The summed E-state index contributed by atoms with van der Waals surface area (Å²) < 4.78 is 3.05. The second-order valence-corrected chi connectivity index (χ2v) is 6.97. The number of aromatic nitrogens is 4. The van der Waals surface area contributed by atoms with Crippen molar-refractivity contribution in [2.75, 3.05) is 0 Å². The van der Waals surface area contributed by atoms with Crippen LogP contribution in [0.3, 0.4) is 0 Å². The molecule has 2 aromatic carbocycles. The van der Waals surface area contributed by atoms with Gasteiger partial charge in [-0.1, -0.05) is 37.3 Å². The molecule has 0 fully saturated rings. The quantitative estimate of drug-likeness (QED) is 0.480. The first-order chi connectivity index (χ1) is 15.0. The lowest BCUT2D eigenvalue weighted by molar-refractivity contribution is -0.122. The van der Waals surface area contributed by atoms with E-state index < -0.39 is 11.8 Å². The van der Waals surface area contributed by atoms with Gasteiger partial charge in [-0.05, 0) is 25.1 Å². The normalized spacial score (nSPS) is 11.0. The highest BCUT2D eigenvalue weighted by atomic mass is 16.2. The van der Waals surface area contributed by atoms with Gasteiger partial charge in [0.15, 0.2) is 5.69 Å². The van der Waals surface area contributed by atoms with Gasteiger partial charge in [-0.3, -0.25) is 25.2 Å². The first-order valence-electron chi connectivity index (χ1n) is 10.1. The third kappa shape index (κ3) is 3.77. The van der Waals surface area contributed by atoms with Gasteiger partial charge in [0, 0.05) is 18.4 Å². The van der Waals surface area contributed by atoms with Gasteiger partial charge >= 0.3 is 0 Å². The molecule has 0 aliphatic heterocycles. The zero-order chi connectivity index (χ0) is 22.0. The number of amides is 2. The molecule has 9 nitrogen and oxygen atoms in total. The second kappa shape index (κ2) is 8.39. The second-order valence-electron chi connectivity index (χ2n) is 6.97. The fourth-order valence-corrected chi connectivity index (χ4v) is 3.56. The van der Waals surface area contributed by atoms with Crippen LogP contribution in [0.4, 0.5) is 0 Å². The highest BCUT2D eigenvalue weighted by Crippen LogP contribution is 2.16. The lowest BCUT2D eigenvalue weighted by Gasteiger charge is -2.12. The predicted molar refractivity (Wildman–Crippen MR) is 116 cm³/mol. The van der Waals surface area contributed by atoms with Crippen LogP contribution in [-0.2, 0) is 24.3 Å². The summed E-state index contributed by atoms with van der Waals surface area (Å²) in [5, 5.41) is 4.99. The van der Waals surface area contributed by atoms with Gasteiger partial charge < -0.3 is 4.57 Å². The van der Waals surface area contributed by atoms with E-state index >= 15 is 0 Å². The number of fused-ring (bicyclic) bond motifs is 2. The van der Waals surface area contributed by atoms with Gasteiger partial charge in [0.05, 0.1) is 16.4 Å². The van der Waals surface area contributed by atoms with E-state index in [9.17, 15) is 14.4 Å². The number of imidazole rings is 1. The zero-order valence-electron chi connectivity index (χ0n) is 17.3. The van der Waals surface area contributed by atoms with Crippen LogP contribution >= 0.6 is 0 Å². The summed E-state index contributed by atoms with van der Waals surface area (Å²) in [5.41, 5.74) is 6.31. The Bertz CT molecular complexity index is 1350. The summed E-state index contributed by atoms with van der Waals surface area (Å²) >= 11 is 0. The number of hydrazine groups is 1. The van der Waals surface area contributed by atoms with Gasteiger partial charge in [0.1, 0.15) is 12.4 Å². The van der Waals surface area contributed by atoms with E-state index in [0.29, 0.717) is 23.7 Å². The number of hydrogen-bond donors (Lipinski definition) is 2. The molecular formula is C22H22N6O3. The summed E-state index contributed by atoms with van der Waals surface area (Å²) in [7, 11) is 0. The molecule has 4 rings (SSSR count). The number of carbonyl (C=O) groups is 2. The van der Waals surface area contributed by atoms with Crippen molar-refractivity contribution in [3.63, 3.8) is 0 Å². The topological polar surface area (TPSA) is 111 Å². The van der Waals surface area contributed by atoms with Gasteiger partial charge in [-0.15, -0.1) is 0 Å². The Labute approximate surface area is 177 Å². The Kier molecular flexibility index (Phi) is 5.48. The third-order valence-corrected chi connectivity index (χ3v) is 5.05. The molecule has 9 heteroatoms. The van der Waals surface area contributed by atoms with Gasteiger partial charge in [-0.2, -0.15) is 5.10 Å². The van der Waals surface area contributed by atoms with E-state index in [1.54, 1.807) is 31.2 Å². The molecule has 4 aromatic rings. The fraction of sp³-hybridized carbons (Fsp3) is 0.227. The van der Waals surface area contributed by atoms with E-state index in [-0.39, 0.29) is 17.8 Å². The predicted octanol–water partition coefficient (Wildman–Crippen LogP) is 1.79. The molecule has 0 bridgehead atoms. The van der Waals surface area contributed by atoms with E-state index in [2.05, 4.69) is 20.9 Å². The molecule has 0 saturated carbocycles.